The summed E-state index contributed by atoms with van der Waals surface area (Å²) in [6, 6.07) is 1.46. The Balaban J connectivity index is 1.80. The van der Waals surface area contributed by atoms with Gasteiger partial charge >= 0.3 is 0 Å². The number of aliphatic hydroxyl groups is 1. The van der Waals surface area contributed by atoms with Crippen LogP contribution >= 0.6 is 0 Å². The van der Waals surface area contributed by atoms with Crippen LogP contribution in [0, 0.1) is 5.82 Å². The standard InChI is InChI=1S/C11H13FN4O2/c12-8-1-2-14-10-9(8)18-11(16-10)15-6-3-7(17)5-13-4-6/h1-2,6-7,13,17H,3-5H2,(H,14,15,16)/t6-,7+/m1/s1. The lowest BCUT2D eigenvalue weighted by atomic mass is 10.1. The highest BCUT2D eigenvalue weighted by molar-refractivity contribution is 5.70. The zero-order valence-electron chi connectivity index (χ0n) is 9.56. The molecular weight excluding hydrogens is 239 g/mol. The van der Waals surface area contributed by atoms with E-state index in [2.05, 4.69) is 20.6 Å². The highest BCUT2D eigenvalue weighted by Gasteiger charge is 2.21. The van der Waals surface area contributed by atoms with Gasteiger partial charge in [0.15, 0.2) is 5.82 Å². The van der Waals surface area contributed by atoms with Crippen LogP contribution in [-0.4, -0.2) is 40.3 Å². The molecule has 1 aliphatic heterocycles. The van der Waals surface area contributed by atoms with Gasteiger partial charge in [0.1, 0.15) is 0 Å². The van der Waals surface area contributed by atoms with Crippen LogP contribution in [0.4, 0.5) is 10.4 Å². The number of rotatable bonds is 2. The van der Waals surface area contributed by atoms with Gasteiger partial charge < -0.3 is 20.2 Å². The minimum Gasteiger partial charge on any atom is -0.419 e. The third-order valence-corrected chi connectivity index (χ3v) is 2.90. The summed E-state index contributed by atoms with van der Waals surface area (Å²) in [7, 11) is 0. The third kappa shape index (κ3) is 2.14. The number of nitrogens with one attached hydrogen (secondary N) is 2. The van der Waals surface area contributed by atoms with E-state index in [9.17, 15) is 9.50 Å². The molecule has 1 saturated heterocycles. The maximum atomic E-state index is 13.4. The number of anilines is 1. The van der Waals surface area contributed by atoms with Gasteiger partial charge in [0, 0.05) is 25.3 Å². The number of aromatic nitrogens is 2. The van der Waals surface area contributed by atoms with E-state index in [1.165, 1.54) is 12.3 Å². The SMILES string of the molecule is O[C@@H]1CNC[C@H](Nc2nc3nccc(F)c3o2)C1. The molecule has 2 atom stereocenters. The molecule has 1 aliphatic rings. The fourth-order valence-electron chi connectivity index (χ4n) is 2.07. The first-order chi connectivity index (χ1) is 8.72. The molecule has 1 fully saturated rings. The second-order valence-electron chi connectivity index (χ2n) is 4.35. The average Bonchev–Trinajstić information content (AvgIpc) is 2.73. The number of β-amino-alcohol motifs (C(OH)–C–C–N with tert-alkyl or cyclic N) is 1. The van der Waals surface area contributed by atoms with Gasteiger partial charge in [0.25, 0.3) is 6.01 Å². The van der Waals surface area contributed by atoms with Crippen LogP contribution in [-0.2, 0) is 0 Å². The van der Waals surface area contributed by atoms with Crippen molar-refractivity contribution in [3.05, 3.63) is 18.1 Å². The van der Waals surface area contributed by atoms with E-state index < -0.39 is 11.9 Å². The molecule has 3 N–H and O–H groups in total. The van der Waals surface area contributed by atoms with E-state index in [4.69, 9.17) is 4.42 Å². The summed E-state index contributed by atoms with van der Waals surface area (Å²) in [5.41, 5.74) is 0.283. The predicted octanol–water partition coefficient (Wildman–Crippen LogP) is 0.497. The lowest BCUT2D eigenvalue weighted by Gasteiger charge is -2.26. The Kier molecular flexibility index (Phi) is 2.85. The average molecular weight is 252 g/mol. The summed E-state index contributed by atoms with van der Waals surface area (Å²) in [5.74, 6) is -0.484. The molecule has 0 radical (unpaired) electrons. The number of nitrogens with zero attached hydrogens (tertiary/aromatic N) is 2. The number of halogens is 1. The van der Waals surface area contributed by atoms with Crippen LogP contribution in [0.25, 0.3) is 11.2 Å². The first kappa shape index (κ1) is 11.4. The van der Waals surface area contributed by atoms with Gasteiger partial charge in [-0.1, -0.05) is 0 Å². The van der Waals surface area contributed by atoms with E-state index in [1.807, 2.05) is 0 Å². The largest absolute Gasteiger partial charge is 0.419 e. The lowest BCUT2D eigenvalue weighted by molar-refractivity contribution is 0.136. The Morgan fingerprint density at radius 1 is 1.50 bits per heavy atom. The van der Waals surface area contributed by atoms with Crippen molar-refractivity contribution in [3.63, 3.8) is 0 Å². The summed E-state index contributed by atoms with van der Waals surface area (Å²) in [4.78, 5) is 7.98. The molecule has 0 saturated carbocycles. The zero-order valence-corrected chi connectivity index (χ0v) is 9.56. The molecule has 0 amide bonds. The normalized spacial score (nSPS) is 24.3. The molecule has 3 heterocycles. The number of oxazole rings is 1. The van der Waals surface area contributed by atoms with Crippen molar-refractivity contribution in [2.75, 3.05) is 18.4 Å². The number of hydrogen-bond acceptors (Lipinski definition) is 6. The van der Waals surface area contributed by atoms with Gasteiger partial charge in [0.2, 0.25) is 11.2 Å². The molecule has 0 unspecified atom stereocenters. The topological polar surface area (TPSA) is 83.2 Å². The maximum Gasteiger partial charge on any atom is 0.297 e. The third-order valence-electron chi connectivity index (χ3n) is 2.90. The Hall–Kier alpha value is -1.73. The molecule has 0 aliphatic carbocycles. The molecule has 0 bridgehead atoms. The summed E-state index contributed by atoms with van der Waals surface area (Å²) >= 11 is 0. The van der Waals surface area contributed by atoms with E-state index in [0.717, 1.165) is 0 Å². The molecular formula is C11H13FN4O2. The highest BCUT2D eigenvalue weighted by atomic mass is 19.1. The van der Waals surface area contributed by atoms with Crippen LogP contribution in [0.2, 0.25) is 0 Å². The molecule has 0 spiro atoms. The molecule has 3 rings (SSSR count). The fourth-order valence-corrected chi connectivity index (χ4v) is 2.07. The van der Waals surface area contributed by atoms with Crippen molar-refractivity contribution < 1.29 is 13.9 Å². The summed E-state index contributed by atoms with van der Waals surface area (Å²) in [6.07, 6.45) is 1.55. The molecule has 2 aromatic rings. The second kappa shape index (κ2) is 4.51. The molecule has 6 nitrogen and oxygen atoms in total. The minimum absolute atomic E-state index is 0.00451. The van der Waals surface area contributed by atoms with E-state index in [-0.39, 0.29) is 23.3 Å². The van der Waals surface area contributed by atoms with Crippen molar-refractivity contribution in [2.24, 2.45) is 0 Å². The monoisotopic (exact) mass is 252 g/mol. The van der Waals surface area contributed by atoms with Gasteiger partial charge in [-0.2, -0.15) is 4.98 Å². The quantitative estimate of drug-likeness (QED) is 0.721. The van der Waals surface area contributed by atoms with Gasteiger partial charge in [0.05, 0.1) is 6.10 Å². The lowest BCUT2D eigenvalue weighted by Crippen LogP contribution is -2.45. The Morgan fingerprint density at radius 2 is 2.39 bits per heavy atom. The van der Waals surface area contributed by atoms with Crippen LogP contribution in [0.5, 0.6) is 0 Å². The van der Waals surface area contributed by atoms with Crippen molar-refractivity contribution >= 4 is 17.2 Å². The summed E-state index contributed by atoms with van der Waals surface area (Å²) in [5, 5.41) is 15.6. The van der Waals surface area contributed by atoms with Crippen LogP contribution in [0.15, 0.2) is 16.7 Å². The minimum atomic E-state index is -0.484. The number of aliphatic hydroxyl groups excluding tert-OH is 1. The number of pyridine rings is 1. The van der Waals surface area contributed by atoms with E-state index in [1.54, 1.807) is 0 Å². The van der Waals surface area contributed by atoms with Crippen molar-refractivity contribution in [1.29, 1.82) is 0 Å². The molecule has 0 aromatic carbocycles. The Bertz CT molecular complexity index is 559. The van der Waals surface area contributed by atoms with Gasteiger partial charge in [-0.05, 0) is 12.5 Å². The Labute approximate surface area is 102 Å². The van der Waals surface area contributed by atoms with Gasteiger partial charge in [-0.3, -0.25) is 0 Å². The maximum absolute atomic E-state index is 13.4. The summed E-state index contributed by atoms with van der Waals surface area (Å²) < 4.78 is 18.7. The smallest absolute Gasteiger partial charge is 0.297 e. The van der Waals surface area contributed by atoms with Crippen molar-refractivity contribution in [2.45, 2.75) is 18.6 Å². The first-order valence-corrected chi connectivity index (χ1v) is 5.79. The predicted molar refractivity (Wildman–Crippen MR) is 62.7 cm³/mol. The molecule has 2 aromatic heterocycles. The van der Waals surface area contributed by atoms with E-state index >= 15 is 0 Å². The fraction of sp³-hybridized carbons (Fsp3) is 0.455. The van der Waals surface area contributed by atoms with Crippen LogP contribution in [0.1, 0.15) is 6.42 Å². The molecule has 18 heavy (non-hydrogen) atoms. The molecule has 96 valence electrons. The summed E-state index contributed by atoms with van der Waals surface area (Å²) in [6.45, 7) is 1.29. The van der Waals surface area contributed by atoms with Gasteiger partial charge in [-0.15, -0.1) is 0 Å². The number of hydrogen-bond donors (Lipinski definition) is 3. The van der Waals surface area contributed by atoms with Crippen LogP contribution < -0.4 is 10.6 Å². The Morgan fingerprint density at radius 3 is 3.17 bits per heavy atom. The number of piperidine rings is 1. The van der Waals surface area contributed by atoms with Crippen molar-refractivity contribution in [3.8, 4) is 0 Å². The van der Waals surface area contributed by atoms with Crippen LogP contribution in [0.3, 0.4) is 0 Å². The number of fused-ring (bicyclic) bond motifs is 1. The van der Waals surface area contributed by atoms with Gasteiger partial charge in [-0.25, -0.2) is 9.37 Å². The van der Waals surface area contributed by atoms with Crippen molar-refractivity contribution in [1.82, 2.24) is 15.3 Å². The first-order valence-electron chi connectivity index (χ1n) is 5.79. The highest BCUT2D eigenvalue weighted by Crippen LogP contribution is 2.20. The van der Waals surface area contributed by atoms with E-state index in [0.29, 0.717) is 19.5 Å². The molecule has 7 heteroatoms. The zero-order chi connectivity index (χ0) is 12.5. The second-order valence-corrected chi connectivity index (χ2v) is 4.35.